The standard InChI is InChI=1S/C21H20BrFN2O2/c1-26-17-7-3-15(4-8-17)13-25(21-11-20(23)19(22)12-24-21)14-16-5-9-18(27-2)10-6-16/h3-12H,13-14H2,1-2H3. The zero-order valence-corrected chi connectivity index (χ0v) is 16.7. The number of halogens is 2. The molecular formula is C21H20BrFN2O2. The largest absolute Gasteiger partial charge is 0.497 e. The van der Waals surface area contributed by atoms with Crippen molar-refractivity contribution < 1.29 is 13.9 Å². The Kier molecular flexibility index (Phi) is 6.29. The fourth-order valence-electron chi connectivity index (χ4n) is 2.70. The Morgan fingerprint density at radius 1 is 0.889 bits per heavy atom. The second kappa shape index (κ2) is 8.86. The van der Waals surface area contributed by atoms with Crippen LogP contribution in [0.15, 0.2) is 65.3 Å². The zero-order chi connectivity index (χ0) is 19.2. The van der Waals surface area contributed by atoms with Crippen molar-refractivity contribution in [2.24, 2.45) is 0 Å². The summed E-state index contributed by atoms with van der Waals surface area (Å²) in [6.45, 7) is 1.17. The number of aromatic nitrogens is 1. The van der Waals surface area contributed by atoms with Crippen LogP contribution in [0.25, 0.3) is 0 Å². The molecule has 0 saturated carbocycles. The van der Waals surface area contributed by atoms with E-state index in [1.54, 1.807) is 14.2 Å². The van der Waals surface area contributed by atoms with Gasteiger partial charge in [-0.3, -0.25) is 0 Å². The molecule has 0 unspecified atom stereocenters. The topological polar surface area (TPSA) is 34.6 Å². The van der Waals surface area contributed by atoms with E-state index in [4.69, 9.17) is 9.47 Å². The Morgan fingerprint density at radius 3 is 1.78 bits per heavy atom. The molecule has 0 aliphatic carbocycles. The highest BCUT2D eigenvalue weighted by Crippen LogP contribution is 2.24. The van der Waals surface area contributed by atoms with Crippen LogP contribution in [0, 0.1) is 5.82 Å². The molecule has 0 amide bonds. The summed E-state index contributed by atoms with van der Waals surface area (Å²) in [6.07, 6.45) is 1.49. The molecule has 6 heteroatoms. The van der Waals surface area contributed by atoms with E-state index in [9.17, 15) is 4.39 Å². The maximum absolute atomic E-state index is 14.1. The lowest BCUT2D eigenvalue weighted by atomic mass is 10.1. The third-order valence-electron chi connectivity index (χ3n) is 4.18. The van der Waals surface area contributed by atoms with Crippen LogP contribution in [-0.4, -0.2) is 19.2 Å². The third-order valence-corrected chi connectivity index (χ3v) is 4.77. The summed E-state index contributed by atoms with van der Waals surface area (Å²) < 4.78 is 24.8. The molecule has 0 aliphatic rings. The Balaban J connectivity index is 1.87. The highest BCUT2D eigenvalue weighted by Gasteiger charge is 2.13. The van der Waals surface area contributed by atoms with Crippen LogP contribution in [0.1, 0.15) is 11.1 Å². The van der Waals surface area contributed by atoms with Gasteiger partial charge in [0.1, 0.15) is 23.1 Å². The van der Waals surface area contributed by atoms with Crippen molar-refractivity contribution in [1.82, 2.24) is 4.98 Å². The molecule has 0 N–H and O–H groups in total. The number of rotatable bonds is 7. The number of methoxy groups -OCH3 is 2. The van der Waals surface area contributed by atoms with Gasteiger partial charge < -0.3 is 14.4 Å². The second-order valence-corrected chi connectivity index (χ2v) is 6.86. The van der Waals surface area contributed by atoms with Gasteiger partial charge in [0.15, 0.2) is 0 Å². The molecular weight excluding hydrogens is 411 g/mol. The molecule has 2 aromatic carbocycles. The minimum atomic E-state index is -0.338. The number of hydrogen-bond acceptors (Lipinski definition) is 4. The number of benzene rings is 2. The summed E-state index contributed by atoms with van der Waals surface area (Å²) in [5, 5.41) is 0. The van der Waals surface area contributed by atoms with Gasteiger partial charge >= 0.3 is 0 Å². The van der Waals surface area contributed by atoms with E-state index in [0.717, 1.165) is 22.6 Å². The average molecular weight is 431 g/mol. The molecule has 1 heterocycles. The molecule has 0 radical (unpaired) electrons. The van der Waals surface area contributed by atoms with Gasteiger partial charge in [0, 0.05) is 25.4 Å². The van der Waals surface area contributed by atoms with Gasteiger partial charge in [-0.2, -0.15) is 0 Å². The van der Waals surface area contributed by atoms with Crippen LogP contribution in [0.2, 0.25) is 0 Å². The quantitative estimate of drug-likeness (QED) is 0.515. The normalized spacial score (nSPS) is 10.5. The molecule has 0 aliphatic heterocycles. The molecule has 0 fully saturated rings. The van der Waals surface area contributed by atoms with Crippen LogP contribution in [0.5, 0.6) is 11.5 Å². The summed E-state index contributed by atoms with van der Waals surface area (Å²) >= 11 is 3.16. The molecule has 0 spiro atoms. The molecule has 1 aromatic heterocycles. The lowest BCUT2D eigenvalue weighted by molar-refractivity contribution is 0.414. The number of ether oxygens (including phenoxy) is 2. The first-order valence-electron chi connectivity index (χ1n) is 8.41. The molecule has 0 bridgehead atoms. The third kappa shape index (κ3) is 4.98. The summed E-state index contributed by atoms with van der Waals surface area (Å²) in [5.74, 6) is 1.83. The van der Waals surface area contributed by atoms with E-state index in [1.165, 1.54) is 12.3 Å². The van der Waals surface area contributed by atoms with E-state index >= 15 is 0 Å². The molecule has 0 atom stereocenters. The Bertz CT molecular complexity index is 836. The van der Waals surface area contributed by atoms with Gasteiger partial charge in [-0.25, -0.2) is 9.37 Å². The van der Waals surface area contributed by atoms with Crippen molar-refractivity contribution in [3.05, 3.63) is 82.2 Å². The lowest BCUT2D eigenvalue weighted by Crippen LogP contribution is -2.23. The van der Waals surface area contributed by atoms with E-state index in [2.05, 4.69) is 20.9 Å². The van der Waals surface area contributed by atoms with Gasteiger partial charge in [0.25, 0.3) is 0 Å². The first-order chi connectivity index (χ1) is 13.1. The number of anilines is 1. The van der Waals surface area contributed by atoms with Crippen molar-refractivity contribution in [3.8, 4) is 11.5 Å². The Morgan fingerprint density at radius 2 is 1.37 bits per heavy atom. The fraction of sp³-hybridized carbons (Fsp3) is 0.190. The van der Waals surface area contributed by atoms with Gasteiger partial charge in [-0.1, -0.05) is 24.3 Å². The van der Waals surface area contributed by atoms with Crippen LogP contribution in [0.4, 0.5) is 10.2 Å². The van der Waals surface area contributed by atoms with Gasteiger partial charge in [-0.15, -0.1) is 0 Å². The van der Waals surface area contributed by atoms with Crippen molar-refractivity contribution >= 4 is 21.7 Å². The lowest BCUT2D eigenvalue weighted by Gasteiger charge is -2.24. The van der Waals surface area contributed by atoms with E-state index < -0.39 is 0 Å². The van der Waals surface area contributed by atoms with Crippen molar-refractivity contribution in [2.75, 3.05) is 19.1 Å². The highest BCUT2D eigenvalue weighted by molar-refractivity contribution is 9.10. The smallest absolute Gasteiger partial charge is 0.142 e. The first-order valence-corrected chi connectivity index (χ1v) is 9.20. The van der Waals surface area contributed by atoms with Crippen LogP contribution < -0.4 is 14.4 Å². The number of hydrogen-bond donors (Lipinski definition) is 0. The van der Waals surface area contributed by atoms with Crippen LogP contribution in [-0.2, 0) is 13.1 Å². The van der Waals surface area contributed by atoms with E-state index in [1.807, 2.05) is 53.4 Å². The van der Waals surface area contributed by atoms with E-state index in [-0.39, 0.29) is 5.82 Å². The van der Waals surface area contributed by atoms with Gasteiger partial charge in [0.05, 0.1) is 18.7 Å². The zero-order valence-electron chi connectivity index (χ0n) is 15.2. The number of pyridine rings is 1. The minimum Gasteiger partial charge on any atom is -0.497 e. The van der Waals surface area contributed by atoms with Crippen molar-refractivity contribution in [1.29, 1.82) is 0 Å². The molecule has 3 aromatic rings. The predicted molar refractivity (Wildman–Crippen MR) is 108 cm³/mol. The van der Waals surface area contributed by atoms with Crippen LogP contribution >= 0.6 is 15.9 Å². The summed E-state index contributed by atoms with van der Waals surface area (Å²) in [7, 11) is 3.28. The first kappa shape index (κ1) is 19.2. The van der Waals surface area contributed by atoms with E-state index in [0.29, 0.717) is 23.4 Å². The molecule has 27 heavy (non-hydrogen) atoms. The Labute approximate surface area is 166 Å². The van der Waals surface area contributed by atoms with Gasteiger partial charge in [0.2, 0.25) is 0 Å². The minimum absolute atomic E-state index is 0.338. The average Bonchev–Trinajstić information content (AvgIpc) is 2.70. The highest BCUT2D eigenvalue weighted by atomic mass is 79.9. The van der Waals surface area contributed by atoms with Crippen molar-refractivity contribution in [3.63, 3.8) is 0 Å². The summed E-state index contributed by atoms with van der Waals surface area (Å²) in [6, 6.07) is 17.1. The fourth-order valence-corrected chi connectivity index (χ4v) is 2.91. The SMILES string of the molecule is COc1ccc(CN(Cc2ccc(OC)cc2)c2cc(F)c(Br)cn2)cc1. The molecule has 0 saturated heterocycles. The van der Waals surface area contributed by atoms with Crippen molar-refractivity contribution in [2.45, 2.75) is 13.1 Å². The maximum atomic E-state index is 14.1. The molecule has 3 rings (SSSR count). The Hall–Kier alpha value is -2.60. The summed E-state index contributed by atoms with van der Waals surface area (Å²) in [4.78, 5) is 6.42. The second-order valence-electron chi connectivity index (χ2n) is 6.01. The monoisotopic (exact) mass is 430 g/mol. The number of nitrogens with zero attached hydrogens (tertiary/aromatic N) is 2. The van der Waals surface area contributed by atoms with Gasteiger partial charge in [-0.05, 0) is 51.3 Å². The molecule has 140 valence electrons. The molecule has 4 nitrogen and oxygen atoms in total. The predicted octanol–water partition coefficient (Wildman–Crippen LogP) is 5.21. The van der Waals surface area contributed by atoms with Crippen LogP contribution in [0.3, 0.4) is 0 Å². The summed E-state index contributed by atoms with van der Waals surface area (Å²) in [5.41, 5.74) is 2.16. The maximum Gasteiger partial charge on any atom is 0.142 e.